The van der Waals surface area contributed by atoms with Gasteiger partial charge in [0.2, 0.25) is 17.7 Å². The number of amides is 3. The Morgan fingerprint density at radius 1 is 1.15 bits per heavy atom. The Morgan fingerprint density at radius 3 is 2.58 bits per heavy atom. The summed E-state index contributed by atoms with van der Waals surface area (Å²) >= 11 is 0. The van der Waals surface area contributed by atoms with Crippen LogP contribution in [0.5, 0.6) is 0 Å². The second-order valence-electron chi connectivity index (χ2n) is 7.91. The van der Waals surface area contributed by atoms with Crippen LogP contribution in [-0.2, 0) is 19.9 Å². The van der Waals surface area contributed by atoms with Crippen LogP contribution in [0.2, 0.25) is 0 Å². The highest BCUT2D eigenvalue weighted by molar-refractivity contribution is 6.15. The third-order valence-electron chi connectivity index (χ3n) is 6.10. The van der Waals surface area contributed by atoms with E-state index in [0.29, 0.717) is 6.54 Å². The number of hydrogen-bond donors (Lipinski definition) is 2. The van der Waals surface area contributed by atoms with Crippen LogP contribution in [0.4, 0.5) is 5.69 Å². The summed E-state index contributed by atoms with van der Waals surface area (Å²) in [4.78, 5) is 40.9. The minimum absolute atomic E-state index is 0.130. The molecule has 3 heterocycles. The highest BCUT2D eigenvalue weighted by atomic mass is 16.2. The molecule has 0 bridgehead atoms. The van der Waals surface area contributed by atoms with Crippen LogP contribution < -0.4 is 10.6 Å². The molecule has 3 aliphatic rings. The Morgan fingerprint density at radius 2 is 1.88 bits per heavy atom. The number of anilines is 1. The van der Waals surface area contributed by atoms with Crippen LogP contribution in [0.3, 0.4) is 0 Å². The number of hydrogen-bond acceptors (Lipinski definition) is 4. The summed E-state index contributed by atoms with van der Waals surface area (Å²) in [5, 5.41) is 6.34. The normalized spacial score (nSPS) is 32.5. The summed E-state index contributed by atoms with van der Waals surface area (Å²) in [6.45, 7) is 6.52. The molecular weight excluding hydrogens is 330 g/mol. The van der Waals surface area contributed by atoms with Gasteiger partial charge in [-0.25, -0.2) is 0 Å². The Hall–Kier alpha value is -2.21. The smallest absolute Gasteiger partial charge is 0.250 e. The van der Waals surface area contributed by atoms with Gasteiger partial charge in [0.05, 0.1) is 11.8 Å². The van der Waals surface area contributed by atoms with Crippen LogP contribution in [0.1, 0.15) is 39.2 Å². The van der Waals surface area contributed by atoms with E-state index < -0.39 is 17.4 Å². The fourth-order valence-electron chi connectivity index (χ4n) is 4.86. The topological polar surface area (TPSA) is 78.5 Å². The Labute approximate surface area is 153 Å². The molecule has 1 spiro atoms. The molecule has 3 aliphatic heterocycles. The number of benzene rings is 1. The Kier molecular flexibility index (Phi) is 3.91. The first-order valence-corrected chi connectivity index (χ1v) is 9.47. The quantitative estimate of drug-likeness (QED) is 0.808. The molecule has 1 aromatic rings. The fourth-order valence-corrected chi connectivity index (χ4v) is 4.86. The summed E-state index contributed by atoms with van der Waals surface area (Å²) in [6, 6.07) is 7.25. The number of carbonyl (C=O) groups excluding carboxylic acids is 3. The Balaban J connectivity index is 1.85. The lowest BCUT2D eigenvalue weighted by molar-refractivity contribution is -0.143. The highest BCUT2D eigenvalue weighted by Gasteiger charge is 2.70. The average Bonchev–Trinajstić information content (AvgIpc) is 3.20. The van der Waals surface area contributed by atoms with Gasteiger partial charge >= 0.3 is 0 Å². The summed E-state index contributed by atoms with van der Waals surface area (Å²) in [5.41, 5.74) is 0.353. The number of imide groups is 1. The first-order valence-electron chi connectivity index (χ1n) is 9.47. The lowest BCUT2D eigenvalue weighted by Crippen LogP contribution is -2.54. The number of nitrogens with one attached hydrogen (secondary N) is 2. The van der Waals surface area contributed by atoms with Gasteiger partial charge in [-0.05, 0) is 18.4 Å². The zero-order valence-corrected chi connectivity index (χ0v) is 15.4. The molecule has 26 heavy (non-hydrogen) atoms. The van der Waals surface area contributed by atoms with Crippen molar-refractivity contribution in [2.75, 3.05) is 11.9 Å². The number of rotatable bonds is 4. The number of fused-ring (bicyclic) bond motifs is 4. The van der Waals surface area contributed by atoms with Crippen molar-refractivity contribution in [2.24, 2.45) is 17.8 Å². The lowest BCUT2D eigenvalue weighted by atomic mass is 9.76. The summed E-state index contributed by atoms with van der Waals surface area (Å²) in [7, 11) is 0. The largest absolute Gasteiger partial charge is 0.324 e. The van der Waals surface area contributed by atoms with E-state index >= 15 is 0 Å². The number of likely N-dealkylation sites (tertiary alicyclic amines) is 1. The predicted octanol–water partition coefficient (Wildman–Crippen LogP) is 1.86. The van der Waals surface area contributed by atoms with Gasteiger partial charge in [0, 0.05) is 23.8 Å². The molecule has 1 aromatic carbocycles. The van der Waals surface area contributed by atoms with Gasteiger partial charge in [0.15, 0.2) is 0 Å². The van der Waals surface area contributed by atoms with E-state index in [-0.39, 0.29) is 29.7 Å². The summed E-state index contributed by atoms with van der Waals surface area (Å²) in [6.07, 6.45) is 1.69. The number of para-hydroxylation sites is 1. The fraction of sp³-hybridized carbons (Fsp3) is 0.550. The molecule has 0 radical (unpaired) electrons. The molecule has 0 unspecified atom stereocenters. The van der Waals surface area contributed by atoms with Crippen molar-refractivity contribution in [1.29, 1.82) is 0 Å². The zero-order chi connectivity index (χ0) is 18.6. The molecule has 0 aromatic heterocycles. The number of nitrogens with zero attached hydrogens (tertiary/aromatic N) is 1. The molecule has 2 N–H and O–H groups in total. The number of carbonyl (C=O) groups is 3. The van der Waals surface area contributed by atoms with Crippen LogP contribution in [-0.4, -0.2) is 35.2 Å². The molecule has 6 heteroatoms. The molecule has 2 fully saturated rings. The molecule has 0 saturated carbocycles. The molecule has 6 nitrogen and oxygen atoms in total. The van der Waals surface area contributed by atoms with E-state index in [9.17, 15) is 14.4 Å². The molecule has 2 saturated heterocycles. The Bertz CT molecular complexity index is 790. The van der Waals surface area contributed by atoms with Gasteiger partial charge in [-0.2, -0.15) is 0 Å². The van der Waals surface area contributed by atoms with Gasteiger partial charge in [-0.3, -0.25) is 24.6 Å². The van der Waals surface area contributed by atoms with E-state index in [0.717, 1.165) is 24.1 Å². The van der Waals surface area contributed by atoms with Crippen molar-refractivity contribution in [2.45, 2.75) is 45.2 Å². The molecular formula is C20H25N3O3. The van der Waals surface area contributed by atoms with E-state index in [1.807, 2.05) is 45.0 Å². The predicted molar refractivity (Wildman–Crippen MR) is 97.1 cm³/mol. The standard InChI is InChI=1S/C20H25N3O3/c1-4-5-10-23-17(24)14-15(18(23)25)20(22-16(14)11(2)3)12-8-6-7-9-13(12)21-19(20)26/h6-9,11,14-16,22H,4-5,10H2,1-3H3,(H,21,26)/t14-,15-,16+,20-/m0/s1. The maximum absolute atomic E-state index is 13.3. The van der Waals surface area contributed by atoms with Crippen molar-refractivity contribution in [3.8, 4) is 0 Å². The molecule has 3 amide bonds. The summed E-state index contributed by atoms with van der Waals surface area (Å²) < 4.78 is 0. The minimum atomic E-state index is -1.15. The third kappa shape index (κ3) is 2.05. The summed E-state index contributed by atoms with van der Waals surface area (Å²) in [5.74, 6) is -1.61. The monoisotopic (exact) mass is 355 g/mol. The van der Waals surface area contributed by atoms with Crippen LogP contribution in [0.25, 0.3) is 0 Å². The molecule has 4 atom stereocenters. The zero-order valence-electron chi connectivity index (χ0n) is 15.4. The highest BCUT2D eigenvalue weighted by Crippen LogP contribution is 2.53. The van der Waals surface area contributed by atoms with Gasteiger partial charge in [-0.1, -0.05) is 45.4 Å². The van der Waals surface area contributed by atoms with Crippen LogP contribution >= 0.6 is 0 Å². The van der Waals surface area contributed by atoms with E-state index in [1.54, 1.807) is 0 Å². The second-order valence-corrected chi connectivity index (χ2v) is 7.91. The first-order chi connectivity index (χ1) is 12.4. The van der Waals surface area contributed by atoms with Crippen molar-refractivity contribution < 1.29 is 14.4 Å². The maximum atomic E-state index is 13.3. The third-order valence-corrected chi connectivity index (χ3v) is 6.10. The van der Waals surface area contributed by atoms with Crippen molar-refractivity contribution in [3.05, 3.63) is 29.8 Å². The van der Waals surface area contributed by atoms with E-state index in [4.69, 9.17) is 0 Å². The van der Waals surface area contributed by atoms with E-state index in [2.05, 4.69) is 10.6 Å². The van der Waals surface area contributed by atoms with Crippen molar-refractivity contribution >= 4 is 23.4 Å². The molecule has 138 valence electrons. The van der Waals surface area contributed by atoms with Gasteiger partial charge in [0.1, 0.15) is 5.54 Å². The van der Waals surface area contributed by atoms with Crippen LogP contribution in [0, 0.1) is 17.8 Å². The lowest BCUT2D eigenvalue weighted by Gasteiger charge is -2.30. The van der Waals surface area contributed by atoms with Gasteiger partial charge in [-0.15, -0.1) is 0 Å². The van der Waals surface area contributed by atoms with Crippen LogP contribution in [0.15, 0.2) is 24.3 Å². The van der Waals surface area contributed by atoms with Crippen molar-refractivity contribution in [3.63, 3.8) is 0 Å². The van der Waals surface area contributed by atoms with Crippen molar-refractivity contribution in [1.82, 2.24) is 10.2 Å². The second kappa shape index (κ2) is 5.91. The molecule has 4 rings (SSSR count). The average molecular weight is 355 g/mol. The van der Waals surface area contributed by atoms with E-state index in [1.165, 1.54) is 4.90 Å². The minimum Gasteiger partial charge on any atom is -0.324 e. The van der Waals surface area contributed by atoms with Gasteiger partial charge < -0.3 is 5.32 Å². The maximum Gasteiger partial charge on any atom is 0.250 e. The number of unbranched alkanes of at least 4 members (excludes halogenated alkanes) is 1. The SMILES string of the molecule is CCCCN1C(=O)[C@@H]2[C@@H](C(C)C)N[C@]3(C(=O)Nc4ccccc43)[C@@H]2C1=O. The molecule has 0 aliphatic carbocycles. The first kappa shape index (κ1) is 17.2. The van der Waals surface area contributed by atoms with Gasteiger partial charge in [0.25, 0.3) is 0 Å².